The van der Waals surface area contributed by atoms with Crippen LogP contribution in [0.4, 0.5) is 0 Å². The number of fused-ring (bicyclic) bond motifs is 1. The number of para-hydroxylation sites is 1. The molecule has 0 aromatic heterocycles. The zero-order valence-electron chi connectivity index (χ0n) is 16.0. The second kappa shape index (κ2) is 11.1. The van der Waals surface area contributed by atoms with Crippen LogP contribution in [0.15, 0.2) is 69.6 Å². The van der Waals surface area contributed by atoms with Gasteiger partial charge in [0.05, 0.1) is 4.47 Å². The number of ether oxygens (including phenoxy) is 2. The molecule has 0 aliphatic rings. The van der Waals surface area contributed by atoms with Crippen LogP contribution in [0.5, 0.6) is 11.5 Å². The normalized spacial score (nSPS) is 10.3. The Kier molecular flexibility index (Phi) is 8.21. The molecule has 3 rings (SSSR count). The summed E-state index contributed by atoms with van der Waals surface area (Å²) in [6, 6.07) is 18.4. The average molecular weight is 567 g/mol. The fourth-order valence-electron chi connectivity index (χ4n) is 2.52. The van der Waals surface area contributed by atoms with Crippen molar-refractivity contribution in [3.05, 3.63) is 69.6 Å². The van der Waals surface area contributed by atoms with Crippen LogP contribution in [-0.4, -0.2) is 30.1 Å². The number of hydrogen-bond acceptors (Lipinski definition) is 5. The minimum atomic E-state index is -0.477. The predicted octanol–water partition coefficient (Wildman–Crippen LogP) is 3.84. The number of carbonyl (C=O) groups is 2. The van der Waals surface area contributed by atoms with Gasteiger partial charge in [-0.2, -0.15) is 0 Å². The minimum Gasteiger partial charge on any atom is -0.484 e. The summed E-state index contributed by atoms with van der Waals surface area (Å²) in [6.45, 7) is -0.462. The highest BCUT2D eigenvalue weighted by Gasteiger charge is 2.11. The highest BCUT2D eigenvalue weighted by Crippen LogP contribution is 2.34. The second-order valence-corrected chi connectivity index (χ2v) is 8.30. The number of hydrazine groups is 1. The zero-order valence-corrected chi connectivity index (χ0v) is 20.0. The van der Waals surface area contributed by atoms with E-state index in [1.807, 2.05) is 30.3 Å². The van der Waals surface area contributed by atoms with E-state index in [1.54, 1.807) is 30.3 Å². The summed E-state index contributed by atoms with van der Waals surface area (Å²) in [4.78, 5) is 23.9. The number of rotatable bonds is 6. The summed E-state index contributed by atoms with van der Waals surface area (Å²) in [5.74, 6) is 0.159. The molecular formula is C21H17Br2N3O4S. The molecule has 0 atom stereocenters. The molecule has 0 saturated heterocycles. The molecule has 0 saturated carbocycles. The Balaban J connectivity index is 1.41. The third-order valence-corrected chi connectivity index (χ3v) is 5.44. The Labute approximate surface area is 200 Å². The summed E-state index contributed by atoms with van der Waals surface area (Å²) in [6.07, 6.45) is 0. The standard InChI is InChI=1S/C21H17Br2N3O4S/c22-14-7-8-16-13(10-14)6-9-17(20(16)23)30-11-18(27)24-21(31)26-25-19(28)12-29-15-4-2-1-3-5-15/h1-10H,11-12H2,(H,25,28)(H2,24,26,27,31). The van der Waals surface area contributed by atoms with Crippen LogP contribution in [0.3, 0.4) is 0 Å². The average Bonchev–Trinajstić information content (AvgIpc) is 2.76. The van der Waals surface area contributed by atoms with Gasteiger partial charge in [-0.25, -0.2) is 0 Å². The Morgan fingerprint density at radius 1 is 0.871 bits per heavy atom. The first-order valence-electron chi connectivity index (χ1n) is 8.99. The maximum atomic E-state index is 12.1. The van der Waals surface area contributed by atoms with Crippen molar-refractivity contribution in [1.82, 2.24) is 16.2 Å². The third kappa shape index (κ3) is 6.91. The summed E-state index contributed by atoms with van der Waals surface area (Å²) < 4.78 is 12.6. The molecule has 31 heavy (non-hydrogen) atoms. The maximum Gasteiger partial charge on any atom is 0.276 e. The monoisotopic (exact) mass is 565 g/mol. The minimum absolute atomic E-state index is 0.0657. The molecule has 0 unspecified atom stereocenters. The fourth-order valence-corrected chi connectivity index (χ4v) is 3.67. The first kappa shape index (κ1) is 23.0. The van der Waals surface area contributed by atoms with Crippen LogP contribution >= 0.6 is 44.1 Å². The van der Waals surface area contributed by atoms with Gasteiger partial charge in [0, 0.05) is 4.47 Å². The largest absolute Gasteiger partial charge is 0.484 e. The van der Waals surface area contributed by atoms with Crippen LogP contribution in [0.25, 0.3) is 10.8 Å². The predicted molar refractivity (Wildman–Crippen MR) is 129 cm³/mol. The lowest BCUT2D eigenvalue weighted by Gasteiger charge is -2.13. The zero-order chi connectivity index (χ0) is 22.2. The van der Waals surface area contributed by atoms with Crippen molar-refractivity contribution < 1.29 is 19.1 Å². The molecule has 3 N–H and O–H groups in total. The molecule has 0 bridgehead atoms. The van der Waals surface area contributed by atoms with Crippen LogP contribution in [0, 0.1) is 0 Å². The smallest absolute Gasteiger partial charge is 0.276 e. The third-order valence-electron chi connectivity index (χ3n) is 3.92. The highest BCUT2D eigenvalue weighted by atomic mass is 79.9. The van der Waals surface area contributed by atoms with Crippen molar-refractivity contribution in [1.29, 1.82) is 0 Å². The van der Waals surface area contributed by atoms with E-state index in [2.05, 4.69) is 48.0 Å². The molecule has 0 heterocycles. The molecule has 0 radical (unpaired) electrons. The van der Waals surface area contributed by atoms with Gasteiger partial charge in [-0.05, 0) is 69.3 Å². The van der Waals surface area contributed by atoms with E-state index in [1.165, 1.54) is 0 Å². The number of hydrogen-bond donors (Lipinski definition) is 3. The van der Waals surface area contributed by atoms with Crippen LogP contribution < -0.4 is 25.6 Å². The van der Waals surface area contributed by atoms with E-state index in [-0.39, 0.29) is 18.3 Å². The molecule has 3 aromatic carbocycles. The quantitative estimate of drug-likeness (QED) is 0.310. The first-order chi connectivity index (χ1) is 14.9. The molecule has 10 heteroatoms. The van der Waals surface area contributed by atoms with E-state index in [9.17, 15) is 9.59 Å². The van der Waals surface area contributed by atoms with E-state index in [4.69, 9.17) is 21.7 Å². The summed E-state index contributed by atoms with van der Waals surface area (Å²) in [5.41, 5.74) is 4.78. The van der Waals surface area contributed by atoms with E-state index in [0.717, 1.165) is 19.7 Å². The number of nitrogens with one attached hydrogen (secondary N) is 3. The molecule has 3 aromatic rings. The lowest BCUT2D eigenvalue weighted by Crippen LogP contribution is -2.50. The van der Waals surface area contributed by atoms with Gasteiger partial charge >= 0.3 is 0 Å². The van der Waals surface area contributed by atoms with Crippen molar-refractivity contribution in [2.45, 2.75) is 0 Å². The van der Waals surface area contributed by atoms with Crippen LogP contribution in [0.1, 0.15) is 0 Å². The molecule has 0 aliphatic heterocycles. The van der Waals surface area contributed by atoms with E-state index < -0.39 is 11.8 Å². The second-order valence-electron chi connectivity index (χ2n) is 6.18. The van der Waals surface area contributed by atoms with Crippen molar-refractivity contribution in [3.63, 3.8) is 0 Å². The topological polar surface area (TPSA) is 88.7 Å². The molecular weight excluding hydrogens is 550 g/mol. The number of halogens is 2. The summed E-state index contributed by atoms with van der Waals surface area (Å²) in [7, 11) is 0. The van der Waals surface area contributed by atoms with Gasteiger partial charge in [0.2, 0.25) is 0 Å². The van der Waals surface area contributed by atoms with Crippen molar-refractivity contribution in [2.24, 2.45) is 0 Å². The van der Waals surface area contributed by atoms with Gasteiger partial charge in [-0.3, -0.25) is 25.8 Å². The molecule has 160 valence electrons. The molecule has 0 aliphatic carbocycles. The molecule has 0 spiro atoms. The highest BCUT2D eigenvalue weighted by molar-refractivity contribution is 9.11. The summed E-state index contributed by atoms with van der Waals surface area (Å²) in [5, 5.41) is 4.34. The van der Waals surface area contributed by atoms with E-state index in [0.29, 0.717) is 11.5 Å². The number of benzene rings is 3. The van der Waals surface area contributed by atoms with Crippen molar-refractivity contribution in [3.8, 4) is 11.5 Å². The van der Waals surface area contributed by atoms with E-state index >= 15 is 0 Å². The number of thiocarbonyl (C=S) groups is 1. The molecule has 7 nitrogen and oxygen atoms in total. The van der Waals surface area contributed by atoms with Gasteiger partial charge in [0.1, 0.15) is 11.5 Å². The number of carbonyl (C=O) groups excluding carboxylic acids is 2. The lowest BCUT2D eigenvalue weighted by atomic mass is 10.1. The SMILES string of the molecule is O=C(COc1ccccc1)NNC(=S)NC(=O)COc1ccc2cc(Br)ccc2c1Br. The van der Waals surface area contributed by atoms with Crippen molar-refractivity contribution in [2.75, 3.05) is 13.2 Å². The fraction of sp³-hybridized carbons (Fsp3) is 0.0952. The van der Waals surface area contributed by atoms with Gasteiger partial charge in [-0.1, -0.05) is 46.3 Å². The molecule has 2 amide bonds. The Hall–Kier alpha value is -2.69. The van der Waals surface area contributed by atoms with Gasteiger partial charge in [0.15, 0.2) is 18.3 Å². The first-order valence-corrected chi connectivity index (χ1v) is 11.0. The lowest BCUT2D eigenvalue weighted by molar-refractivity contribution is -0.124. The van der Waals surface area contributed by atoms with Gasteiger partial charge in [-0.15, -0.1) is 0 Å². The van der Waals surface area contributed by atoms with Crippen LogP contribution in [0.2, 0.25) is 0 Å². The van der Waals surface area contributed by atoms with Gasteiger partial charge < -0.3 is 9.47 Å². The Bertz CT molecular complexity index is 1110. The Morgan fingerprint density at radius 3 is 2.39 bits per heavy atom. The molecule has 0 fully saturated rings. The number of amides is 2. The van der Waals surface area contributed by atoms with Crippen LogP contribution in [-0.2, 0) is 9.59 Å². The van der Waals surface area contributed by atoms with Crippen molar-refractivity contribution >= 4 is 71.8 Å². The Morgan fingerprint density at radius 2 is 1.61 bits per heavy atom. The van der Waals surface area contributed by atoms with Gasteiger partial charge in [0.25, 0.3) is 11.8 Å². The maximum absolute atomic E-state index is 12.1. The summed E-state index contributed by atoms with van der Waals surface area (Å²) >= 11 is 11.9.